The highest BCUT2D eigenvalue weighted by molar-refractivity contribution is 6.31. The van der Waals surface area contributed by atoms with E-state index in [1.165, 1.54) is 70.6 Å². The Balaban J connectivity index is 0.615. The molecule has 0 amide bonds. The molecule has 8 aromatic heterocycles. The maximum Gasteiger partial charge on any atom is 0.235 e. The van der Waals surface area contributed by atoms with Crippen molar-refractivity contribution in [1.82, 2.24) is 47.3 Å². The number of para-hydroxylation sites is 7. The van der Waals surface area contributed by atoms with Gasteiger partial charge in [-0.3, -0.25) is 9.13 Å². The van der Waals surface area contributed by atoms with Crippen LogP contribution in [0.4, 0.5) is 0 Å². The molecule has 0 aliphatic rings. The van der Waals surface area contributed by atoms with Crippen molar-refractivity contribution in [3.63, 3.8) is 0 Å². The zero-order chi connectivity index (χ0) is 87.5. The van der Waals surface area contributed by atoms with Crippen LogP contribution < -0.4 is 0 Å². The van der Waals surface area contributed by atoms with Crippen molar-refractivity contribution >= 4 is 185 Å². The minimum atomic E-state index is 0.588. The lowest BCUT2D eigenvalue weighted by Gasteiger charge is -2.15. The zero-order valence-corrected chi connectivity index (χ0v) is 72.2. The van der Waals surface area contributed by atoms with E-state index in [0.717, 1.165) is 193 Å². The number of rotatable bonds is 11. The van der Waals surface area contributed by atoms with E-state index < -0.39 is 0 Å². The second-order valence-corrected chi connectivity index (χ2v) is 35.5. The van der Waals surface area contributed by atoms with Gasteiger partial charge in [-0.25, -0.2) is 19.9 Å². The predicted molar refractivity (Wildman–Crippen MR) is 558 cm³/mol. The average Bonchev–Trinajstić information content (AvgIpc) is 1.54. The summed E-state index contributed by atoms with van der Waals surface area (Å²) in [4.78, 5) is 22.7. The van der Waals surface area contributed by atoms with Gasteiger partial charge in [0, 0.05) is 109 Å². The van der Waals surface area contributed by atoms with Crippen LogP contribution in [-0.4, -0.2) is 47.3 Å². The number of hydrogen-bond acceptors (Lipinski definition) is 4. The SMILES string of the molecule is c1ccc(-c2ccc(-c3cccc(-n4c5ccccc5c5c6c7ccc(-c8cc(-c9nc(-n%10c%11ccccc%11c%11cc(-n%12c%13ccccc%13c%13c%14c%15ccccc%15n(-c%15cccc%16ccccc%15%16)c%14ccc%13%12)ccc%11%10)nc%10ccccc9%10)c9ccccc9c8)cc7n(-c7ccc8c(c7)c7ccccc7n8-c7nc(-c8cccc9ccccc89)c8ccccc8n7)c6ccc54)c3)cc2)cc1. The van der Waals surface area contributed by atoms with Crippen molar-refractivity contribution in [3.8, 4) is 90.5 Å². The smallest absolute Gasteiger partial charge is 0.235 e. The molecule has 134 heavy (non-hydrogen) atoms. The van der Waals surface area contributed by atoms with Crippen molar-refractivity contribution in [2.24, 2.45) is 0 Å². The van der Waals surface area contributed by atoms with Gasteiger partial charge in [0.25, 0.3) is 0 Å². The first kappa shape index (κ1) is 73.9. The Kier molecular flexibility index (Phi) is 15.8. The fourth-order valence-electron chi connectivity index (χ4n) is 22.5. The minimum absolute atomic E-state index is 0.588. The van der Waals surface area contributed by atoms with Gasteiger partial charge in [-0.15, -0.1) is 0 Å². The Labute approximate surface area is 766 Å². The second kappa shape index (κ2) is 28.7. The summed E-state index contributed by atoms with van der Waals surface area (Å²) in [6, 6.07) is 164. The van der Waals surface area contributed by atoms with Crippen molar-refractivity contribution in [2.75, 3.05) is 0 Å². The highest BCUT2D eigenvalue weighted by atomic mass is 15.2. The molecule has 10 heteroatoms. The summed E-state index contributed by atoms with van der Waals surface area (Å²) in [5.74, 6) is 1.20. The molecule has 0 atom stereocenters. The summed E-state index contributed by atoms with van der Waals surface area (Å²) in [6.07, 6.45) is 0. The number of aromatic nitrogens is 10. The number of fused-ring (bicyclic) bond motifs is 25. The number of nitrogens with zero attached hydrogens (tertiary/aromatic N) is 10. The number of benzene rings is 21. The van der Waals surface area contributed by atoms with E-state index in [2.05, 4.69) is 476 Å². The van der Waals surface area contributed by atoms with E-state index >= 15 is 0 Å². The van der Waals surface area contributed by atoms with Gasteiger partial charge in [0.05, 0.1) is 94.3 Å². The zero-order valence-electron chi connectivity index (χ0n) is 72.2. The summed E-state index contributed by atoms with van der Waals surface area (Å²) in [7, 11) is 0. The van der Waals surface area contributed by atoms with Crippen LogP contribution in [0.1, 0.15) is 0 Å². The molecule has 29 rings (SSSR count). The first-order valence-electron chi connectivity index (χ1n) is 45.8. The Morgan fingerprint density at radius 1 is 0.149 bits per heavy atom. The summed E-state index contributed by atoms with van der Waals surface area (Å²) >= 11 is 0. The minimum Gasteiger partial charge on any atom is -0.309 e. The molecule has 620 valence electrons. The van der Waals surface area contributed by atoms with Crippen LogP contribution in [0.3, 0.4) is 0 Å². The normalized spacial score (nSPS) is 12.2. The number of hydrogen-bond donors (Lipinski definition) is 0. The molecular formula is C124H74N10. The van der Waals surface area contributed by atoms with Crippen molar-refractivity contribution < 1.29 is 0 Å². The summed E-state index contributed by atoms with van der Waals surface area (Å²) in [5.41, 5.74) is 29.7. The summed E-state index contributed by atoms with van der Waals surface area (Å²) in [5, 5.41) is 22.8. The van der Waals surface area contributed by atoms with E-state index in [9.17, 15) is 0 Å². The highest BCUT2D eigenvalue weighted by Gasteiger charge is 2.29. The van der Waals surface area contributed by atoms with Gasteiger partial charge in [0.15, 0.2) is 0 Å². The molecule has 29 aromatic rings. The molecule has 0 spiro atoms. The van der Waals surface area contributed by atoms with Crippen LogP contribution >= 0.6 is 0 Å². The molecule has 0 N–H and O–H groups in total. The summed E-state index contributed by atoms with van der Waals surface area (Å²) in [6.45, 7) is 0. The van der Waals surface area contributed by atoms with Gasteiger partial charge in [-0.2, -0.15) is 0 Å². The van der Waals surface area contributed by atoms with E-state index in [0.29, 0.717) is 11.9 Å². The third-order valence-corrected chi connectivity index (χ3v) is 28.4. The first-order valence-corrected chi connectivity index (χ1v) is 45.8. The van der Waals surface area contributed by atoms with Gasteiger partial charge in [-0.1, -0.05) is 309 Å². The van der Waals surface area contributed by atoms with Crippen molar-refractivity contribution in [2.45, 2.75) is 0 Å². The summed E-state index contributed by atoms with van der Waals surface area (Å²) < 4.78 is 14.5. The van der Waals surface area contributed by atoms with Crippen LogP contribution in [0.25, 0.3) is 275 Å². The molecule has 8 heterocycles. The molecule has 10 nitrogen and oxygen atoms in total. The van der Waals surface area contributed by atoms with Gasteiger partial charge in [0.2, 0.25) is 11.9 Å². The Hall–Kier alpha value is -18.1. The average molecular weight is 1700 g/mol. The lowest BCUT2D eigenvalue weighted by atomic mass is 9.93. The van der Waals surface area contributed by atoms with E-state index in [1.54, 1.807) is 0 Å². The van der Waals surface area contributed by atoms with Gasteiger partial charge >= 0.3 is 0 Å². The van der Waals surface area contributed by atoms with Crippen LogP contribution in [0.5, 0.6) is 0 Å². The molecule has 0 aliphatic carbocycles. The van der Waals surface area contributed by atoms with E-state index in [1.807, 2.05) is 0 Å². The fraction of sp³-hybridized carbons (Fsp3) is 0. The monoisotopic (exact) mass is 1700 g/mol. The molecule has 0 bridgehead atoms. The lowest BCUT2D eigenvalue weighted by molar-refractivity contribution is 1.01. The van der Waals surface area contributed by atoms with Crippen LogP contribution in [0, 0.1) is 0 Å². The molecule has 0 unspecified atom stereocenters. The topological polar surface area (TPSA) is 81.1 Å². The van der Waals surface area contributed by atoms with E-state index in [4.69, 9.17) is 19.9 Å². The van der Waals surface area contributed by atoms with Crippen molar-refractivity contribution in [3.05, 3.63) is 449 Å². The lowest BCUT2D eigenvalue weighted by Crippen LogP contribution is -2.04. The molecule has 0 radical (unpaired) electrons. The third-order valence-electron chi connectivity index (χ3n) is 28.4. The van der Waals surface area contributed by atoms with E-state index in [-0.39, 0.29) is 0 Å². The predicted octanol–water partition coefficient (Wildman–Crippen LogP) is 32.0. The van der Waals surface area contributed by atoms with Gasteiger partial charge in [0.1, 0.15) is 0 Å². The molecular weight excluding hydrogens is 1630 g/mol. The highest BCUT2D eigenvalue weighted by Crippen LogP contribution is 2.50. The van der Waals surface area contributed by atoms with Crippen LogP contribution in [0.15, 0.2) is 449 Å². The van der Waals surface area contributed by atoms with Gasteiger partial charge in [-0.05, 0) is 200 Å². The molecule has 21 aromatic carbocycles. The Bertz CT molecular complexity index is 10100. The maximum absolute atomic E-state index is 5.93. The largest absolute Gasteiger partial charge is 0.309 e. The van der Waals surface area contributed by atoms with Crippen molar-refractivity contribution in [1.29, 1.82) is 0 Å². The fourth-order valence-corrected chi connectivity index (χ4v) is 22.5. The quantitative estimate of drug-likeness (QED) is 0.129. The molecule has 0 fully saturated rings. The molecule has 0 aliphatic heterocycles. The Morgan fingerprint density at radius 3 is 1.06 bits per heavy atom. The second-order valence-electron chi connectivity index (χ2n) is 35.5. The first-order chi connectivity index (χ1) is 66.5. The molecule has 0 saturated carbocycles. The Morgan fingerprint density at radius 2 is 0.500 bits per heavy atom. The van der Waals surface area contributed by atoms with Crippen LogP contribution in [-0.2, 0) is 0 Å². The standard InChI is InChI=1S/C124H74N10/c1-2-27-75(28-3-1)76-55-57-77(58-56-76)80-34-24-35-84(70-80)129-107-51-21-14-43-95(107)118-112(129)65-66-114-120(118)98-62-59-81(72-116(98)131(114)86-61-64-111-100(74-86)91-40-13-19-49-105(91)133(111)123-125-102-47-17-10-41-93(102)121(127-123)92-46-25-32-78-29-4-7-36-87(78)92)83-69-82-31-6-8-37-88(82)101(71-83)122-94-42-11-18-48-103(94)126-124(128-122)134-106-50-20-12-39-90(106)99-73-85(60-63-110(99)134)130-108-52-22-15-44-96(108)117-113(130)67-68-115-119(117)97-45-16-23-53-109(97)132(115)104-54-26-33-79-30-5-9-38-89(79)104/h1-74H. The van der Waals surface area contributed by atoms with Gasteiger partial charge < -0.3 is 18.3 Å². The molecule has 0 saturated heterocycles. The van der Waals surface area contributed by atoms with Crippen LogP contribution in [0.2, 0.25) is 0 Å². The third kappa shape index (κ3) is 10.9. The maximum atomic E-state index is 5.93.